The van der Waals surface area contributed by atoms with Gasteiger partial charge in [-0.1, -0.05) is 13.8 Å². The highest BCUT2D eigenvalue weighted by atomic mass is 16.5. The van der Waals surface area contributed by atoms with E-state index >= 15 is 0 Å². The maximum absolute atomic E-state index is 12.4. The fourth-order valence-corrected chi connectivity index (χ4v) is 2.53. The molecule has 0 atom stereocenters. The molecular weight excluding hydrogens is 266 g/mol. The molecule has 1 aliphatic heterocycles. The largest absolute Gasteiger partial charge is 0.496 e. The molecule has 0 saturated carbocycles. The summed E-state index contributed by atoms with van der Waals surface area (Å²) < 4.78 is 11.0. The second-order valence-electron chi connectivity index (χ2n) is 5.93. The standard InChI is InChI=1S/C17H25NO3/c1-13(2)11-21-12-15-10-14(6-7-16(15)20-3)17(19)18-8-4-5-9-18/h6-7,10,13H,4-5,8-9,11-12H2,1-3H3. The zero-order chi connectivity index (χ0) is 15.2. The number of carbonyl (C=O) groups is 1. The fourth-order valence-electron chi connectivity index (χ4n) is 2.53. The first-order valence-corrected chi connectivity index (χ1v) is 7.65. The molecule has 0 unspecified atom stereocenters. The highest BCUT2D eigenvalue weighted by molar-refractivity contribution is 5.94. The smallest absolute Gasteiger partial charge is 0.253 e. The average molecular weight is 291 g/mol. The molecule has 1 amide bonds. The average Bonchev–Trinajstić information content (AvgIpc) is 3.00. The minimum absolute atomic E-state index is 0.111. The summed E-state index contributed by atoms with van der Waals surface area (Å²) in [5, 5.41) is 0. The highest BCUT2D eigenvalue weighted by Crippen LogP contribution is 2.23. The van der Waals surface area contributed by atoms with E-state index in [2.05, 4.69) is 13.8 Å². The van der Waals surface area contributed by atoms with Crippen molar-refractivity contribution in [3.63, 3.8) is 0 Å². The number of hydrogen-bond donors (Lipinski definition) is 0. The van der Waals surface area contributed by atoms with E-state index < -0.39 is 0 Å². The fraction of sp³-hybridized carbons (Fsp3) is 0.588. The van der Waals surface area contributed by atoms with Crippen molar-refractivity contribution in [1.29, 1.82) is 0 Å². The number of carbonyl (C=O) groups excluding carboxylic acids is 1. The van der Waals surface area contributed by atoms with Gasteiger partial charge in [0.1, 0.15) is 5.75 Å². The number of benzene rings is 1. The van der Waals surface area contributed by atoms with Gasteiger partial charge in [0, 0.05) is 30.8 Å². The van der Waals surface area contributed by atoms with Crippen LogP contribution in [-0.2, 0) is 11.3 Å². The number of amides is 1. The van der Waals surface area contributed by atoms with E-state index in [0.717, 1.165) is 42.8 Å². The van der Waals surface area contributed by atoms with Crippen LogP contribution in [0.3, 0.4) is 0 Å². The van der Waals surface area contributed by atoms with E-state index in [9.17, 15) is 4.79 Å². The monoisotopic (exact) mass is 291 g/mol. The Hall–Kier alpha value is -1.55. The molecule has 1 saturated heterocycles. The summed E-state index contributed by atoms with van der Waals surface area (Å²) >= 11 is 0. The maximum Gasteiger partial charge on any atom is 0.253 e. The number of methoxy groups -OCH3 is 1. The Balaban J connectivity index is 2.10. The lowest BCUT2D eigenvalue weighted by Crippen LogP contribution is -2.27. The summed E-state index contributed by atoms with van der Waals surface area (Å²) in [5.74, 6) is 1.38. The number of ether oxygens (including phenoxy) is 2. The van der Waals surface area contributed by atoms with Gasteiger partial charge in [-0.15, -0.1) is 0 Å². The normalized spacial score (nSPS) is 14.8. The van der Waals surface area contributed by atoms with Gasteiger partial charge in [-0.05, 0) is 37.0 Å². The minimum Gasteiger partial charge on any atom is -0.496 e. The molecule has 0 radical (unpaired) electrons. The second-order valence-corrected chi connectivity index (χ2v) is 5.93. The molecule has 116 valence electrons. The molecule has 0 bridgehead atoms. The van der Waals surface area contributed by atoms with E-state index in [1.165, 1.54) is 0 Å². The number of nitrogens with zero attached hydrogens (tertiary/aromatic N) is 1. The van der Waals surface area contributed by atoms with Crippen molar-refractivity contribution in [1.82, 2.24) is 4.90 Å². The number of rotatable bonds is 6. The van der Waals surface area contributed by atoms with Gasteiger partial charge in [0.25, 0.3) is 5.91 Å². The van der Waals surface area contributed by atoms with Gasteiger partial charge in [-0.25, -0.2) is 0 Å². The highest BCUT2D eigenvalue weighted by Gasteiger charge is 2.20. The summed E-state index contributed by atoms with van der Waals surface area (Å²) in [6.45, 7) is 7.14. The van der Waals surface area contributed by atoms with Gasteiger partial charge in [0.15, 0.2) is 0 Å². The molecule has 4 nitrogen and oxygen atoms in total. The lowest BCUT2D eigenvalue weighted by atomic mass is 10.1. The first-order chi connectivity index (χ1) is 10.1. The summed E-state index contributed by atoms with van der Waals surface area (Å²) in [6, 6.07) is 5.60. The third-order valence-corrected chi connectivity index (χ3v) is 3.63. The van der Waals surface area contributed by atoms with Crippen LogP contribution in [0.1, 0.15) is 42.6 Å². The van der Waals surface area contributed by atoms with Crippen LogP contribution in [-0.4, -0.2) is 37.6 Å². The Labute approximate surface area is 127 Å². The number of hydrogen-bond acceptors (Lipinski definition) is 3. The van der Waals surface area contributed by atoms with Crippen molar-refractivity contribution in [2.45, 2.75) is 33.3 Å². The lowest BCUT2D eigenvalue weighted by Gasteiger charge is -2.17. The van der Waals surface area contributed by atoms with Gasteiger partial charge in [-0.2, -0.15) is 0 Å². The van der Waals surface area contributed by atoms with Gasteiger partial charge in [-0.3, -0.25) is 4.79 Å². The van der Waals surface area contributed by atoms with Crippen LogP contribution >= 0.6 is 0 Å². The Morgan fingerprint density at radius 1 is 1.29 bits per heavy atom. The Kier molecular flexibility index (Phi) is 5.62. The van der Waals surface area contributed by atoms with Gasteiger partial charge < -0.3 is 14.4 Å². The zero-order valence-corrected chi connectivity index (χ0v) is 13.2. The lowest BCUT2D eigenvalue weighted by molar-refractivity contribution is 0.0791. The van der Waals surface area contributed by atoms with Crippen molar-refractivity contribution in [2.24, 2.45) is 5.92 Å². The van der Waals surface area contributed by atoms with Crippen molar-refractivity contribution in [2.75, 3.05) is 26.8 Å². The Morgan fingerprint density at radius 3 is 2.62 bits per heavy atom. The van der Waals surface area contributed by atoms with Crippen LogP contribution in [0, 0.1) is 5.92 Å². The SMILES string of the molecule is COc1ccc(C(=O)N2CCCC2)cc1COCC(C)C. The van der Waals surface area contributed by atoms with Gasteiger partial charge in [0.2, 0.25) is 0 Å². The third kappa shape index (κ3) is 4.21. The number of likely N-dealkylation sites (tertiary alicyclic amines) is 1. The molecule has 1 aliphatic rings. The maximum atomic E-state index is 12.4. The molecule has 0 N–H and O–H groups in total. The molecule has 2 rings (SSSR count). The Bertz CT molecular complexity index is 479. The first-order valence-electron chi connectivity index (χ1n) is 7.65. The molecule has 1 aromatic rings. The molecule has 0 aromatic heterocycles. The van der Waals surface area contributed by atoms with E-state index in [4.69, 9.17) is 9.47 Å². The van der Waals surface area contributed by atoms with Crippen molar-refractivity contribution in [3.8, 4) is 5.75 Å². The van der Waals surface area contributed by atoms with Gasteiger partial charge >= 0.3 is 0 Å². The van der Waals surface area contributed by atoms with Crippen LogP contribution in [0.25, 0.3) is 0 Å². The topological polar surface area (TPSA) is 38.8 Å². The molecule has 1 heterocycles. The summed E-state index contributed by atoms with van der Waals surface area (Å²) in [4.78, 5) is 14.3. The van der Waals surface area contributed by atoms with E-state index in [1.54, 1.807) is 7.11 Å². The van der Waals surface area contributed by atoms with Crippen LogP contribution in [0.4, 0.5) is 0 Å². The molecule has 21 heavy (non-hydrogen) atoms. The van der Waals surface area contributed by atoms with E-state index in [0.29, 0.717) is 19.1 Å². The van der Waals surface area contributed by atoms with Crippen LogP contribution in [0.5, 0.6) is 5.75 Å². The summed E-state index contributed by atoms with van der Waals surface area (Å²) in [5.41, 5.74) is 1.66. The van der Waals surface area contributed by atoms with E-state index in [-0.39, 0.29) is 5.91 Å². The molecule has 1 fully saturated rings. The molecule has 1 aromatic carbocycles. The minimum atomic E-state index is 0.111. The first kappa shape index (κ1) is 15.8. The van der Waals surface area contributed by atoms with E-state index in [1.807, 2.05) is 23.1 Å². The summed E-state index contributed by atoms with van der Waals surface area (Å²) in [6.07, 6.45) is 2.21. The molecular formula is C17H25NO3. The van der Waals surface area contributed by atoms with Crippen LogP contribution < -0.4 is 4.74 Å². The quantitative estimate of drug-likeness (QED) is 0.808. The summed E-state index contributed by atoms with van der Waals surface area (Å²) in [7, 11) is 1.64. The third-order valence-electron chi connectivity index (χ3n) is 3.63. The van der Waals surface area contributed by atoms with Gasteiger partial charge in [0.05, 0.1) is 13.7 Å². The van der Waals surface area contributed by atoms with Crippen LogP contribution in [0.15, 0.2) is 18.2 Å². The van der Waals surface area contributed by atoms with Crippen molar-refractivity contribution >= 4 is 5.91 Å². The van der Waals surface area contributed by atoms with Crippen molar-refractivity contribution in [3.05, 3.63) is 29.3 Å². The molecule has 4 heteroatoms. The predicted octanol–water partition coefficient (Wildman–Crippen LogP) is 3.10. The molecule has 0 aliphatic carbocycles. The molecule has 0 spiro atoms. The Morgan fingerprint density at radius 2 is 2.00 bits per heavy atom. The van der Waals surface area contributed by atoms with Crippen LogP contribution in [0.2, 0.25) is 0 Å². The predicted molar refractivity (Wildman–Crippen MR) is 82.6 cm³/mol. The van der Waals surface area contributed by atoms with Crippen molar-refractivity contribution < 1.29 is 14.3 Å². The zero-order valence-electron chi connectivity index (χ0n) is 13.2. The second kappa shape index (κ2) is 7.46.